The number of nitrogens with one attached hydrogen (secondary N) is 2. The van der Waals surface area contributed by atoms with Crippen molar-refractivity contribution in [2.24, 2.45) is 5.73 Å². The predicted molar refractivity (Wildman–Crippen MR) is 119 cm³/mol. The molecule has 2 aromatic rings. The zero-order chi connectivity index (χ0) is 20.7. The summed E-state index contributed by atoms with van der Waals surface area (Å²) in [7, 11) is 0.437. The Morgan fingerprint density at radius 3 is 2.55 bits per heavy atom. The molecule has 0 radical (unpaired) electrons. The van der Waals surface area contributed by atoms with Gasteiger partial charge in [-0.15, -0.1) is 0 Å². The van der Waals surface area contributed by atoms with Gasteiger partial charge >= 0.3 is 0 Å². The highest BCUT2D eigenvalue weighted by Crippen LogP contribution is 2.37. The fourth-order valence-electron chi connectivity index (χ4n) is 3.59. The molecule has 158 valence electrons. The summed E-state index contributed by atoms with van der Waals surface area (Å²) in [6.45, 7) is 3.82. The Kier molecular flexibility index (Phi) is 6.99. The number of anilines is 2. The Morgan fingerprint density at radius 1 is 1.24 bits per heavy atom. The van der Waals surface area contributed by atoms with E-state index in [2.05, 4.69) is 10.6 Å². The third kappa shape index (κ3) is 5.28. The number of benzene rings is 2. The summed E-state index contributed by atoms with van der Waals surface area (Å²) in [4.78, 5) is 2.33. The first-order valence-electron chi connectivity index (χ1n) is 8.97. The van der Waals surface area contributed by atoms with Crippen molar-refractivity contribution >= 4 is 38.5 Å². The van der Waals surface area contributed by atoms with Gasteiger partial charge < -0.3 is 38.2 Å². The van der Waals surface area contributed by atoms with E-state index >= 15 is 0 Å². The Balaban J connectivity index is 0.00000300. The molecule has 29 heavy (non-hydrogen) atoms. The molecule has 0 saturated carbocycles. The molecule has 0 aliphatic carbocycles. The average molecular weight is 498 g/mol. The molecule has 0 fully saturated rings. The lowest BCUT2D eigenvalue weighted by atomic mass is 9.94. The van der Waals surface area contributed by atoms with Crippen molar-refractivity contribution in [3.8, 4) is 0 Å². The lowest BCUT2D eigenvalue weighted by Crippen LogP contribution is -3.00. The molecule has 0 amide bonds. The Bertz CT molecular complexity index is 1020. The Morgan fingerprint density at radius 2 is 1.93 bits per heavy atom. The zero-order valence-corrected chi connectivity index (χ0v) is 20.1. The van der Waals surface area contributed by atoms with Gasteiger partial charge in [0, 0.05) is 31.0 Å². The molecule has 1 aliphatic rings. The monoisotopic (exact) mass is 497 g/mol. The summed E-state index contributed by atoms with van der Waals surface area (Å²) in [6.07, 6.45) is 0. The number of fused-ring (bicyclic) bond motifs is 1. The summed E-state index contributed by atoms with van der Waals surface area (Å²) >= 11 is 4.94. The third-order valence-corrected chi connectivity index (χ3v) is 6.97. The first kappa shape index (κ1) is 23.6. The quantitative estimate of drug-likeness (QED) is 0.499. The van der Waals surface area contributed by atoms with Crippen molar-refractivity contribution in [3.63, 3.8) is 0 Å². The van der Waals surface area contributed by atoms with Gasteiger partial charge in [0.05, 0.1) is 16.7 Å². The maximum atomic E-state index is 13.1. The van der Waals surface area contributed by atoms with E-state index in [4.69, 9.17) is 18.0 Å². The van der Waals surface area contributed by atoms with E-state index in [1.165, 1.54) is 0 Å². The zero-order valence-electron chi connectivity index (χ0n) is 16.9. The minimum atomic E-state index is -3.44. The fraction of sp³-hybridized carbons (Fsp3) is 0.350. The number of halogens is 1. The number of thiocarbonyl (C=S) groups is 1. The molecule has 1 unspecified atom stereocenters. The van der Waals surface area contributed by atoms with E-state index in [9.17, 15) is 8.42 Å². The standard InChI is InChI=1S/C20H26N4O2S2.BrH/c1-20(2)12-28(25,26)17-9-8-15(24(3)4)11-16(17)18(23-20)13-6-5-7-14(10-13)22-19(21)27;/h5-11,18,23H,12H2,1-4H3,(H3,21,22,27);1H/p-1. The SMILES string of the molecule is CN(C)c1ccc2c(c1)C(c1cccc(NC(N)=S)c1)NC(C)(C)CS2(=O)=O.[Br-]. The van der Waals surface area contributed by atoms with E-state index < -0.39 is 15.4 Å². The number of rotatable bonds is 3. The van der Waals surface area contributed by atoms with Crippen LogP contribution >= 0.6 is 12.2 Å². The first-order valence-corrected chi connectivity index (χ1v) is 11.0. The number of hydrogen-bond donors (Lipinski definition) is 3. The Labute approximate surface area is 188 Å². The normalized spacial score (nSPS) is 19.2. The van der Waals surface area contributed by atoms with Crippen LogP contribution in [0.5, 0.6) is 0 Å². The average Bonchev–Trinajstić information content (AvgIpc) is 2.65. The number of sulfone groups is 1. The van der Waals surface area contributed by atoms with Crippen molar-refractivity contribution < 1.29 is 25.4 Å². The van der Waals surface area contributed by atoms with Gasteiger partial charge in [-0.25, -0.2) is 8.42 Å². The molecule has 1 heterocycles. The van der Waals surface area contributed by atoms with E-state index in [1.807, 2.05) is 69.2 Å². The van der Waals surface area contributed by atoms with Crippen LogP contribution in [0.15, 0.2) is 47.4 Å². The molecule has 9 heteroatoms. The third-order valence-electron chi connectivity index (χ3n) is 4.73. The summed E-state index contributed by atoms with van der Waals surface area (Å²) < 4.78 is 26.2. The van der Waals surface area contributed by atoms with Gasteiger partial charge in [-0.2, -0.15) is 0 Å². The van der Waals surface area contributed by atoms with E-state index in [1.54, 1.807) is 6.07 Å². The van der Waals surface area contributed by atoms with Gasteiger partial charge in [-0.1, -0.05) is 12.1 Å². The fourth-order valence-corrected chi connectivity index (χ4v) is 5.70. The molecule has 6 nitrogen and oxygen atoms in total. The van der Waals surface area contributed by atoms with Crippen LogP contribution in [0.4, 0.5) is 11.4 Å². The van der Waals surface area contributed by atoms with Crippen LogP contribution in [-0.4, -0.2) is 38.9 Å². The number of nitrogens with zero attached hydrogens (tertiary/aromatic N) is 1. The largest absolute Gasteiger partial charge is 1.00 e. The second kappa shape index (κ2) is 8.59. The highest BCUT2D eigenvalue weighted by atomic mass is 79.9. The number of nitrogens with two attached hydrogens (primary N) is 1. The van der Waals surface area contributed by atoms with Crippen LogP contribution in [0.25, 0.3) is 0 Å². The minimum Gasteiger partial charge on any atom is -1.00 e. The molecule has 1 atom stereocenters. The van der Waals surface area contributed by atoms with Crippen LogP contribution < -0.4 is 38.2 Å². The van der Waals surface area contributed by atoms with E-state index in [-0.39, 0.29) is 33.9 Å². The molecule has 0 aromatic heterocycles. The second-order valence-corrected chi connectivity index (χ2v) is 10.3. The van der Waals surface area contributed by atoms with Crippen molar-refractivity contribution in [2.45, 2.75) is 30.3 Å². The highest BCUT2D eigenvalue weighted by Gasteiger charge is 2.37. The minimum absolute atomic E-state index is 0. The van der Waals surface area contributed by atoms with Gasteiger partial charge in [0.2, 0.25) is 0 Å². The van der Waals surface area contributed by atoms with Crippen molar-refractivity contribution in [1.29, 1.82) is 0 Å². The summed E-state index contributed by atoms with van der Waals surface area (Å²) in [5.41, 5.74) is 8.38. The summed E-state index contributed by atoms with van der Waals surface area (Å²) in [5.74, 6) is 0.0234. The van der Waals surface area contributed by atoms with Crippen LogP contribution in [0, 0.1) is 0 Å². The summed E-state index contributed by atoms with van der Waals surface area (Å²) in [6, 6.07) is 12.9. The maximum Gasteiger partial charge on any atom is 0.180 e. The van der Waals surface area contributed by atoms with Gasteiger partial charge in [0.1, 0.15) is 0 Å². The van der Waals surface area contributed by atoms with Crippen LogP contribution in [0.2, 0.25) is 0 Å². The van der Waals surface area contributed by atoms with E-state index in [0.29, 0.717) is 4.90 Å². The maximum absolute atomic E-state index is 13.1. The molecular formula is C20H26BrN4O2S2-. The second-order valence-electron chi connectivity index (χ2n) is 7.95. The van der Waals surface area contributed by atoms with Crippen LogP contribution in [0.3, 0.4) is 0 Å². The number of hydrogen-bond acceptors (Lipinski definition) is 5. The van der Waals surface area contributed by atoms with Gasteiger partial charge in [0.15, 0.2) is 14.9 Å². The molecule has 0 spiro atoms. The van der Waals surface area contributed by atoms with Crippen LogP contribution in [-0.2, 0) is 9.84 Å². The smallest absolute Gasteiger partial charge is 0.180 e. The van der Waals surface area contributed by atoms with Gasteiger partial charge in [0.25, 0.3) is 0 Å². The highest BCUT2D eigenvalue weighted by molar-refractivity contribution is 7.91. The van der Waals surface area contributed by atoms with Gasteiger partial charge in [-0.3, -0.25) is 0 Å². The topological polar surface area (TPSA) is 87.5 Å². The van der Waals surface area contributed by atoms with Crippen molar-refractivity contribution in [1.82, 2.24) is 5.32 Å². The first-order chi connectivity index (χ1) is 13.0. The molecule has 0 saturated heterocycles. The van der Waals surface area contributed by atoms with Gasteiger partial charge in [-0.05, 0) is 67.5 Å². The lowest BCUT2D eigenvalue weighted by Gasteiger charge is -2.29. The molecule has 0 bridgehead atoms. The van der Waals surface area contributed by atoms with Crippen molar-refractivity contribution in [3.05, 3.63) is 53.6 Å². The molecule has 2 aromatic carbocycles. The summed E-state index contributed by atoms with van der Waals surface area (Å²) in [5, 5.41) is 6.67. The van der Waals surface area contributed by atoms with Crippen molar-refractivity contribution in [2.75, 3.05) is 30.1 Å². The molecule has 1 aliphatic heterocycles. The van der Waals surface area contributed by atoms with E-state index in [0.717, 1.165) is 22.5 Å². The molecule has 4 N–H and O–H groups in total. The predicted octanol–water partition coefficient (Wildman–Crippen LogP) is -0.343. The molecule has 3 rings (SSSR count). The Hall–Kier alpha value is -1.68. The molecular weight excluding hydrogens is 472 g/mol. The lowest BCUT2D eigenvalue weighted by molar-refractivity contribution is -0.00000896. The van der Waals surface area contributed by atoms with Crippen LogP contribution in [0.1, 0.15) is 31.0 Å².